The van der Waals surface area contributed by atoms with Gasteiger partial charge in [0.25, 0.3) is 0 Å². The van der Waals surface area contributed by atoms with Crippen LogP contribution in [0.4, 0.5) is 4.79 Å². The van der Waals surface area contributed by atoms with Crippen molar-refractivity contribution >= 4 is 18.0 Å². The van der Waals surface area contributed by atoms with Gasteiger partial charge in [-0.3, -0.25) is 4.79 Å². The molecule has 0 saturated carbocycles. The molecule has 2 amide bonds. The van der Waals surface area contributed by atoms with Gasteiger partial charge in [0, 0.05) is 45.2 Å². The Labute approximate surface area is 185 Å². The molecule has 0 atom stereocenters. The largest absolute Gasteiger partial charge is 0.450 e. The van der Waals surface area contributed by atoms with Crippen molar-refractivity contribution in [1.29, 1.82) is 0 Å². The lowest BCUT2D eigenvalue weighted by atomic mass is 10.1. The van der Waals surface area contributed by atoms with Crippen molar-refractivity contribution in [3.05, 3.63) is 35.4 Å². The number of piperidine rings is 1. The predicted octanol–water partition coefficient (Wildman–Crippen LogP) is 2.49. The number of nitrogens with zero attached hydrogens (tertiary/aromatic N) is 3. The summed E-state index contributed by atoms with van der Waals surface area (Å²) in [6, 6.07) is 8.58. The van der Waals surface area contributed by atoms with Crippen molar-refractivity contribution in [1.82, 2.24) is 20.4 Å². The van der Waals surface area contributed by atoms with E-state index in [1.54, 1.807) is 4.90 Å². The Morgan fingerprint density at radius 1 is 1.19 bits per heavy atom. The Hall–Kier alpha value is -2.77. The smallest absolute Gasteiger partial charge is 0.409 e. The van der Waals surface area contributed by atoms with Gasteiger partial charge >= 0.3 is 6.09 Å². The van der Waals surface area contributed by atoms with Crippen LogP contribution in [0, 0.1) is 0 Å². The number of aliphatic imine (C=N–C) groups is 1. The third-order valence-electron chi connectivity index (χ3n) is 5.66. The molecular weight excluding hydrogens is 394 g/mol. The van der Waals surface area contributed by atoms with E-state index in [0.717, 1.165) is 49.4 Å². The second-order valence-electron chi connectivity index (χ2n) is 8.04. The van der Waals surface area contributed by atoms with Gasteiger partial charge in [0.2, 0.25) is 5.91 Å². The quantitative estimate of drug-likeness (QED) is 0.514. The fourth-order valence-corrected chi connectivity index (χ4v) is 4.02. The third kappa shape index (κ3) is 6.87. The van der Waals surface area contributed by atoms with Gasteiger partial charge in [0.1, 0.15) is 0 Å². The van der Waals surface area contributed by atoms with Crippen LogP contribution in [0.1, 0.15) is 50.7 Å². The number of carbonyl (C=O) groups excluding carboxylic acids is 2. The van der Waals surface area contributed by atoms with Crippen LogP contribution < -0.4 is 10.6 Å². The lowest BCUT2D eigenvalue weighted by Gasteiger charge is -2.32. The molecule has 0 aromatic heterocycles. The molecule has 0 bridgehead atoms. The second kappa shape index (κ2) is 11.6. The number of amides is 2. The van der Waals surface area contributed by atoms with E-state index in [-0.39, 0.29) is 18.0 Å². The number of hydrogen-bond acceptors (Lipinski definition) is 4. The molecule has 2 N–H and O–H groups in total. The van der Waals surface area contributed by atoms with Gasteiger partial charge < -0.3 is 25.2 Å². The number of likely N-dealkylation sites (tertiary alicyclic amines) is 2. The maximum atomic E-state index is 11.9. The van der Waals surface area contributed by atoms with Crippen LogP contribution in [0.5, 0.6) is 0 Å². The lowest BCUT2D eigenvalue weighted by Crippen LogP contribution is -2.49. The molecule has 1 aromatic rings. The molecule has 2 aliphatic heterocycles. The average Bonchev–Trinajstić information content (AvgIpc) is 3.17. The first-order chi connectivity index (χ1) is 15.1. The second-order valence-corrected chi connectivity index (χ2v) is 8.04. The van der Waals surface area contributed by atoms with E-state index < -0.39 is 0 Å². The van der Waals surface area contributed by atoms with Gasteiger partial charge in [-0.25, -0.2) is 9.79 Å². The molecule has 0 aliphatic carbocycles. The van der Waals surface area contributed by atoms with Gasteiger partial charge in [-0.15, -0.1) is 0 Å². The first-order valence-electron chi connectivity index (χ1n) is 11.4. The molecular formula is C23H35N5O3. The molecule has 8 nitrogen and oxygen atoms in total. The van der Waals surface area contributed by atoms with Crippen LogP contribution in [-0.4, -0.2) is 66.6 Å². The summed E-state index contributed by atoms with van der Waals surface area (Å²) in [5, 5.41) is 6.82. The number of hydrogen-bond donors (Lipinski definition) is 2. The molecule has 1 aromatic carbocycles. The standard InChI is InChI=1S/C23H35N5O3/c1-3-24-22(26-20-10-13-27(14-11-20)23(30)31-4-2)25-16-18-7-5-8-19(15-18)17-28-12-6-9-21(28)29/h5,7-8,15,20H,3-4,6,9-14,16-17H2,1-2H3,(H2,24,25,26). The zero-order valence-corrected chi connectivity index (χ0v) is 18.7. The van der Waals surface area contributed by atoms with Crippen LogP contribution in [0.25, 0.3) is 0 Å². The van der Waals surface area contributed by atoms with E-state index in [4.69, 9.17) is 9.73 Å². The van der Waals surface area contributed by atoms with Gasteiger partial charge in [-0.1, -0.05) is 24.3 Å². The van der Waals surface area contributed by atoms with E-state index in [1.807, 2.05) is 24.8 Å². The summed E-state index contributed by atoms with van der Waals surface area (Å²) in [6.07, 6.45) is 3.13. The number of carbonyl (C=O) groups is 2. The van der Waals surface area contributed by atoms with Gasteiger partial charge in [-0.05, 0) is 44.2 Å². The Balaban J connectivity index is 1.53. The monoisotopic (exact) mass is 429 g/mol. The average molecular weight is 430 g/mol. The highest BCUT2D eigenvalue weighted by atomic mass is 16.6. The van der Waals surface area contributed by atoms with Crippen molar-refractivity contribution < 1.29 is 14.3 Å². The highest BCUT2D eigenvalue weighted by Crippen LogP contribution is 2.16. The summed E-state index contributed by atoms with van der Waals surface area (Å²) in [6.45, 7) is 8.53. The Morgan fingerprint density at radius 2 is 1.97 bits per heavy atom. The minimum absolute atomic E-state index is 0.225. The van der Waals surface area contributed by atoms with E-state index in [9.17, 15) is 9.59 Å². The van der Waals surface area contributed by atoms with Gasteiger partial charge in [-0.2, -0.15) is 0 Å². The van der Waals surface area contributed by atoms with Crippen LogP contribution in [0.15, 0.2) is 29.3 Å². The first-order valence-corrected chi connectivity index (χ1v) is 11.4. The molecule has 8 heteroatoms. The Kier molecular flexibility index (Phi) is 8.55. The van der Waals surface area contributed by atoms with Crippen LogP contribution >= 0.6 is 0 Å². The number of benzene rings is 1. The summed E-state index contributed by atoms with van der Waals surface area (Å²) in [5.74, 6) is 1.04. The maximum absolute atomic E-state index is 11.9. The fraction of sp³-hybridized carbons (Fsp3) is 0.609. The van der Waals surface area contributed by atoms with Gasteiger partial charge in [0.05, 0.1) is 13.2 Å². The maximum Gasteiger partial charge on any atom is 0.409 e. The topological polar surface area (TPSA) is 86.3 Å². The SMILES string of the molecule is CCNC(=NCc1cccc(CN2CCCC2=O)c1)NC1CCN(C(=O)OCC)CC1. The van der Waals surface area contributed by atoms with Crippen molar-refractivity contribution in [2.24, 2.45) is 4.99 Å². The van der Waals surface area contributed by atoms with Crippen LogP contribution in [0.3, 0.4) is 0 Å². The van der Waals surface area contributed by atoms with Crippen molar-refractivity contribution in [2.45, 2.75) is 58.7 Å². The predicted molar refractivity (Wildman–Crippen MR) is 121 cm³/mol. The minimum atomic E-state index is -0.225. The van der Waals surface area contributed by atoms with E-state index >= 15 is 0 Å². The van der Waals surface area contributed by atoms with E-state index in [1.165, 1.54) is 0 Å². The summed E-state index contributed by atoms with van der Waals surface area (Å²) in [7, 11) is 0. The van der Waals surface area contributed by atoms with Crippen LogP contribution in [0.2, 0.25) is 0 Å². The molecule has 2 heterocycles. The van der Waals surface area contributed by atoms with E-state index in [2.05, 4.69) is 28.8 Å². The van der Waals surface area contributed by atoms with Crippen LogP contribution in [-0.2, 0) is 22.6 Å². The Morgan fingerprint density at radius 3 is 2.65 bits per heavy atom. The fourth-order valence-electron chi connectivity index (χ4n) is 4.02. The summed E-state index contributed by atoms with van der Waals surface area (Å²) in [4.78, 5) is 32.2. The zero-order valence-electron chi connectivity index (χ0n) is 18.7. The normalized spacial score (nSPS) is 17.7. The third-order valence-corrected chi connectivity index (χ3v) is 5.66. The molecule has 0 spiro atoms. The number of guanidine groups is 1. The molecule has 2 aliphatic rings. The molecule has 3 rings (SSSR count). The zero-order chi connectivity index (χ0) is 22.1. The molecule has 2 fully saturated rings. The Bertz CT molecular complexity index is 774. The highest BCUT2D eigenvalue weighted by molar-refractivity contribution is 5.80. The molecule has 2 saturated heterocycles. The number of ether oxygens (including phenoxy) is 1. The molecule has 31 heavy (non-hydrogen) atoms. The van der Waals surface area contributed by atoms with E-state index in [0.29, 0.717) is 39.2 Å². The lowest BCUT2D eigenvalue weighted by molar-refractivity contribution is -0.128. The summed E-state index contributed by atoms with van der Waals surface area (Å²) < 4.78 is 5.09. The molecule has 0 unspecified atom stereocenters. The van der Waals surface area contributed by atoms with Crippen molar-refractivity contribution in [2.75, 3.05) is 32.8 Å². The highest BCUT2D eigenvalue weighted by Gasteiger charge is 2.24. The molecule has 0 radical (unpaired) electrons. The minimum Gasteiger partial charge on any atom is -0.450 e. The van der Waals surface area contributed by atoms with Crippen molar-refractivity contribution in [3.8, 4) is 0 Å². The molecule has 170 valence electrons. The number of nitrogens with one attached hydrogen (secondary N) is 2. The van der Waals surface area contributed by atoms with Gasteiger partial charge in [0.15, 0.2) is 5.96 Å². The number of rotatable bonds is 7. The first kappa shape index (κ1) is 22.9. The van der Waals surface area contributed by atoms with Crippen molar-refractivity contribution in [3.63, 3.8) is 0 Å². The summed E-state index contributed by atoms with van der Waals surface area (Å²) in [5.41, 5.74) is 2.27. The summed E-state index contributed by atoms with van der Waals surface area (Å²) >= 11 is 0.